The van der Waals surface area contributed by atoms with Crippen molar-refractivity contribution in [3.63, 3.8) is 0 Å². The van der Waals surface area contributed by atoms with Gasteiger partial charge in [-0.05, 0) is 37.5 Å². The first-order chi connectivity index (χ1) is 15.4. The third kappa shape index (κ3) is 3.99. The number of likely N-dealkylation sites (N-methyl/N-ethyl adjacent to an activating group) is 1. The van der Waals surface area contributed by atoms with Gasteiger partial charge in [0.15, 0.2) is 0 Å². The molecule has 1 aliphatic carbocycles. The molecule has 1 spiro atoms. The highest BCUT2D eigenvalue weighted by molar-refractivity contribution is 6.09. The third-order valence-electron chi connectivity index (χ3n) is 6.88. The van der Waals surface area contributed by atoms with Crippen LogP contribution in [0.5, 0.6) is 0 Å². The summed E-state index contributed by atoms with van der Waals surface area (Å²) < 4.78 is 0. The molecule has 0 N–H and O–H groups in total. The largest absolute Gasteiger partial charge is 0.328 e. The molecule has 1 atom stereocenters. The van der Waals surface area contributed by atoms with E-state index < -0.39 is 5.54 Å². The van der Waals surface area contributed by atoms with Crippen LogP contribution in [0, 0.1) is 0 Å². The van der Waals surface area contributed by atoms with Gasteiger partial charge in [-0.15, -0.1) is 0 Å². The lowest BCUT2D eigenvalue weighted by molar-refractivity contribution is -0.142. The van der Waals surface area contributed by atoms with E-state index in [2.05, 4.69) is 4.98 Å². The number of imide groups is 1. The molecule has 7 heteroatoms. The number of hydrogen-bond acceptors (Lipinski definition) is 4. The van der Waals surface area contributed by atoms with E-state index in [1.807, 2.05) is 55.5 Å². The Bertz CT molecular complexity index is 973. The SMILES string of the molecule is CC(c1ccccn1)N(Cc1ccccc1)C(=O)CN1C(=O)N(C)C2(CCCCC2)C1=O. The fourth-order valence-electron chi connectivity index (χ4n) is 4.90. The summed E-state index contributed by atoms with van der Waals surface area (Å²) >= 11 is 0. The lowest BCUT2D eigenvalue weighted by Gasteiger charge is -2.36. The average molecular weight is 435 g/mol. The van der Waals surface area contributed by atoms with Gasteiger partial charge in [0, 0.05) is 19.8 Å². The number of pyridine rings is 1. The van der Waals surface area contributed by atoms with Crippen LogP contribution in [0.3, 0.4) is 0 Å². The molecule has 32 heavy (non-hydrogen) atoms. The highest BCUT2D eigenvalue weighted by Crippen LogP contribution is 2.39. The fraction of sp³-hybridized carbons (Fsp3) is 0.440. The Balaban J connectivity index is 1.58. The lowest BCUT2D eigenvalue weighted by atomic mass is 9.81. The van der Waals surface area contributed by atoms with Gasteiger partial charge >= 0.3 is 6.03 Å². The molecule has 4 amide bonds. The zero-order valence-electron chi connectivity index (χ0n) is 18.7. The van der Waals surface area contributed by atoms with Gasteiger partial charge in [-0.3, -0.25) is 19.5 Å². The van der Waals surface area contributed by atoms with Crippen LogP contribution in [0.4, 0.5) is 4.79 Å². The minimum absolute atomic E-state index is 0.233. The van der Waals surface area contributed by atoms with Crippen molar-refractivity contribution < 1.29 is 14.4 Å². The normalized spacial score (nSPS) is 18.8. The first kappa shape index (κ1) is 22.0. The highest BCUT2D eigenvalue weighted by Gasteiger charge is 2.56. The second-order valence-electron chi connectivity index (χ2n) is 8.76. The molecule has 1 aliphatic heterocycles. The lowest BCUT2D eigenvalue weighted by Crippen LogP contribution is -2.49. The van der Waals surface area contributed by atoms with Gasteiger partial charge in [0.25, 0.3) is 5.91 Å². The van der Waals surface area contributed by atoms with Crippen LogP contribution in [0.2, 0.25) is 0 Å². The van der Waals surface area contributed by atoms with E-state index >= 15 is 0 Å². The zero-order chi connectivity index (χ0) is 22.7. The predicted octanol–water partition coefficient (Wildman–Crippen LogP) is 3.77. The van der Waals surface area contributed by atoms with Crippen LogP contribution >= 0.6 is 0 Å². The summed E-state index contributed by atoms with van der Waals surface area (Å²) in [6, 6.07) is 14.6. The molecule has 0 bridgehead atoms. The van der Waals surface area contributed by atoms with Crippen LogP contribution in [-0.4, -0.2) is 56.7 Å². The molecule has 1 aromatic heterocycles. The molecule has 2 fully saturated rings. The molecule has 1 saturated carbocycles. The van der Waals surface area contributed by atoms with Crippen LogP contribution in [0.1, 0.15) is 56.3 Å². The predicted molar refractivity (Wildman–Crippen MR) is 120 cm³/mol. The van der Waals surface area contributed by atoms with Crippen molar-refractivity contribution in [2.24, 2.45) is 0 Å². The maximum Gasteiger partial charge on any atom is 0.327 e. The molecule has 2 aliphatic rings. The van der Waals surface area contributed by atoms with E-state index in [1.165, 1.54) is 0 Å². The summed E-state index contributed by atoms with van der Waals surface area (Å²) in [6.07, 6.45) is 5.94. The summed E-state index contributed by atoms with van der Waals surface area (Å²) in [5.41, 5.74) is 0.951. The Morgan fingerprint density at radius 2 is 1.75 bits per heavy atom. The number of hydrogen-bond donors (Lipinski definition) is 0. The van der Waals surface area contributed by atoms with Gasteiger partial charge in [-0.25, -0.2) is 4.79 Å². The Morgan fingerprint density at radius 1 is 1.06 bits per heavy atom. The highest BCUT2D eigenvalue weighted by atomic mass is 16.2. The summed E-state index contributed by atoms with van der Waals surface area (Å²) in [4.78, 5) is 48.7. The third-order valence-corrected chi connectivity index (χ3v) is 6.88. The number of nitrogens with zero attached hydrogens (tertiary/aromatic N) is 4. The van der Waals surface area contributed by atoms with E-state index in [9.17, 15) is 14.4 Å². The maximum atomic E-state index is 13.5. The van der Waals surface area contributed by atoms with Crippen molar-refractivity contribution >= 4 is 17.8 Å². The van der Waals surface area contributed by atoms with Crippen molar-refractivity contribution in [1.29, 1.82) is 0 Å². The summed E-state index contributed by atoms with van der Waals surface area (Å²) in [5, 5.41) is 0. The monoisotopic (exact) mass is 434 g/mol. The van der Waals surface area contributed by atoms with E-state index in [0.29, 0.717) is 19.4 Å². The number of carbonyl (C=O) groups is 3. The minimum Gasteiger partial charge on any atom is -0.328 e. The molecule has 7 nitrogen and oxygen atoms in total. The first-order valence-corrected chi connectivity index (χ1v) is 11.3. The number of urea groups is 1. The van der Waals surface area contributed by atoms with Gasteiger partial charge in [0.05, 0.1) is 11.7 Å². The number of benzene rings is 1. The quantitative estimate of drug-likeness (QED) is 0.649. The van der Waals surface area contributed by atoms with Gasteiger partial charge in [-0.1, -0.05) is 55.7 Å². The molecule has 0 radical (unpaired) electrons. The second-order valence-corrected chi connectivity index (χ2v) is 8.76. The van der Waals surface area contributed by atoms with Crippen LogP contribution in [0.25, 0.3) is 0 Å². The molecule has 2 heterocycles. The van der Waals surface area contributed by atoms with E-state index in [1.54, 1.807) is 23.0 Å². The van der Waals surface area contributed by atoms with E-state index in [0.717, 1.165) is 35.4 Å². The summed E-state index contributed by atoms with van der Waals surface area (Å²) in [5.74, 6) is -0.502. The fourth-order valence-corrected chi connectivity index (χ4v) is 4.90. The van der Waals surface area contributed by atoms with Gasteiger partial charge in [-0.2, -0.15) is 0 Å². The Morgan fingerprint density at radius 3 is 2.41 bits per heavy atom. The van der Waals surface area contributed by atoms with Crippen molar-refractivity contribution in [2.45, 2.75) is 57.2 Å². The van der Waals surface area contributed by atoms with Crippen LogP contribution in [-0.2, 0) is 16.1 Å². The maximum absolute atomic E-state index is 13.5. The molecule has 1 saturated heterocycles. The van der Waals surface area contributed by atoms with Gasteiger partial charge in [0.1, 0.15) is 12.1 Å². The van der Waals surface area contributed by atoms with Crippen molar-refractivity contribution in [3.05, 3.63) is 66.0 Å². The molecule has 4 rings (SSSR count). The smallest absolute Gasteiger partial charge is 0.327 e. The minimum atomic E-state index is -0.785. The van der Waals surface area contributed by atoms with Crippen molar-refractivity contribution in [2.75, 3.05) is 13.6 Å². The van der Waals surface area contributed by atoms with Crippen molar-refractivity contribution in [3.8, 4) is 0 Å². The first-order valence-electron chi connectivity index (χ1n) is 11.3. The topological polar surface area (TPSA) is 73.8 Å². The van der Waals surface area contributed by atoms with Crippen LogP contribution in [0.15, 0.2) is 54.7 Å². The number of aromatic nitrogens is 1. The van der Waals surface area contributed by atoms with E-state index in [4.69, 9.17) is 0 Å². The second kappa shape index (κ2) is 9.10. The number of amides is 4. The number of carbonyl (C=O) groups excluding carboxylic acids is 3. The standard InChI is InChI=1S/C25H30N4O3/c1-19(21-13-7-10-16-26-21)28(17-20-11-5-3-6-12-20)22(30)18-29-23(31)25(27(2)24(29)32)14-8-4-9-15-25/h3,5-7,10-13,16,19H,4,8-9,14-15,17-18H2,1-2H3. The van der Waals surface area contributed by atoms with Crippen LogP contribution < -0.4 is 0 Å². The van der Waals surface area contributed by atoms with Gasteiger partial charge in [0.2, 0.25) is 5.91 Å². The Labute approximate surface area is 189 Å². The summed E-state index contributed by atoms with van der Waals surface area (Å²) in [7, 11) is 1.69. The number of rotatable bonds is 6. The molecule has 1 aromatic carbocycles. The summed E-state index contributed by atoms with van der Waals surface area (Å²) in [6.45, 7) is 2.04. The Kier molecular flexibility index (Phi) is 6.26. The molecular weight excluding hydrogens is 404 g/mol. The Hall–Kier alpha value is -3.22. The molecule has 168 valence electrons. The van der Waals surface area contributed by atoms with Gasteiger partial charge < -0.3 is 9.80 Å². The van der Waals surface area contributed by atoms with Crippen molar-refractivity contribution in [1.82, 2.24) is 19.7 Å². The molecule has 1 unspecified atom stereocenters. The average Bonchev–Trinajstić information content (AvgIpc) is 3.00. The zero-order valence-corrected chi connectivity index (χ0v) is 18.7. The molecule has 2 aromatic rings. The molecular formula is C25H30N4O3. The van der Waals surface area contributed by atoms with E-state index in [-0.39, 0.29) is 30.4 Å².